The van der Waals surface area contributed by atoms with Gasteiger partial charge in [-0.3, -0.25) is 4.98 Å². The molecule has 3 heterocycles. The Hall–Kier alpha value is -2.36. The molecule has 0 spiro atoms. The van der Waals surface area contributed by atoms with Crippen molar-refractivity contribution in [3.05, 3.63) is 82.6 Å². The van der Waals surface area contributed by atoms with E-state index in [1.54, 1.807) is 12.4 Å². The zero-order valence-electron chi connectivity index (χ0n) is 13.6. The molecule has 0 aliphatic carbocycles. The average Bonchev–Trinajstić information content (AvgIpc) is 2.69. The molecule has 0 bridgehead atoms. The number of halogens is 1. The highest BCUT2D eigenvalue weighted by molar-refractivity contribution is 6.30. The average molecular weight is 352 g/mol. The number of morpholine rings is 1. The van der Waals surface area contributed by atoms with Gasteiger partial charge in [-0.05, 0) is 35.4 Å². The van der Waals surface area contributed by atoms with Gasteiger partial charge in [-0.2, -0.15) is 0 Å². The quantitative estimate of drug-likeness (QED) is 0.833. The van der Waals surface area contributed by atoms with Crippen molar-refractivity contribution < 1.29 is 4.74 Å². The summed E-state index contributed by atoms with van der Waals surface area (Å²) in [5, 5.41) is 7.47. The Labute approximate surface area is 151 Å². The second-order valence-electron chi connectivity index (χ2n) is 5.90. The van der Waals surface area contributed by atoms with Crippen molar-refractivity contribution in [2.75, 3.05) is 19.7 Å². The van der Waals surface area contributed by atoms with Gasteiger partial charge in [0.15, 0.2) is 0 Å². The molecule has 1 aromatic carbocycles. The van der Waals surface area contributed by atoms with Gasteiger partial charge in [0, 0.05) is 47.9 Å². The minimum absolute atomic E-state index is 0.0300. The van der Waals surface area contributed by atoms with E-state index in [2.05, 4.69) is 21.3 Å². The van der Waals surface area contributed by atoms with Crippen molar-refractivity contribution in [2.45, 2.75) is 6.10 Å². The van der Waals surface area contributed by atoms with Crippen LogP contribution in [0.1, 0.15) is 11.1 Å². The van der Waals surface area contributed by atoms with Gasteiger partial charge >= 0.3 is 0 Å². The largest absolute Gasteiger partial charge is 0.369 e. The smallest absolute Gasteiger partial charge is 0.110 e. The van der Waals surface area contributed by atoms with E-state index in [1.165, 1.54) is 0 Å². The van der Waals surface area contributed by atoms with E-state index in [0.717, 1.165) is 46.1 Å². The van der Waals surface area contributed by atoms with Crippen LogP contribution >= 0.6 is 11.6 Å². The number of benzene rings is 1. The molecule has 2 N–H and O–H groups in total. The normalized spacial score (nSPS) is 20.2. The molecule has 4 rings (SSSR count). The molecule has 4 nitrogen and oxygen atoms in total. The first-order valence-electron chi connectivity index (χ1n) is 8.28. The predicted octanol–water partition coefficient (Wildman–Crippen LogP) is 3.23. The van der Waals surface area contributed by atoms with Gasteiger partial charge in [-0.15, -0.1) is 0 Å². The summed E-state index contributed by atoms with van der Waals surface area (Å²) in [6.45, 7) is 2.35. The lowest BCUT2D eigenvalue weighted by molar-refractivity contribution is 0.0493. The number of hydrogen-bond donors (Lipinski definition) is 2. The molecule has 1 atom stereocenters. The van der Waals surface area contributed by atoms with Gasteiger partial charge < -0.3 is 15.4 Å². The molecular formula is C20H18ClN3O. The number of aromatic nitrogens is 1. The highest BCUT2D eigenvalue weighted by atomic mass is 35.5. The van der Waals surface area contributed by atoms with Gasteiger partial charge in [0.2, 0.25) is 0 Å². The maximum Gasteiger partial charge on any atom is 0.110 e. The molecule has 0 saturated carbocycles. The molecule has 25 heavy (non-hydrogen) atoms. The lowest BCUT2D eigenvalue weighted by Gasteiger charge is -2.30. The van der Waals surface area contributed by atoms with Crippen molar-refractivity contribution in [3.63, 3.8) is 0 Å². The van der Waals surface area contributed by atoms with Crippen LogP contribution in [0.3, 0.4) is 0 Å². The summed E-state index contributed by atoms with van der Waals surface area (Å²) >= 11 is 6.06. The molecule has 1 aromatic heterocycles. The fraction of sp³-hybridized carbons (Fsp3) is 0.200. The van der Waals surface area contributed by atoms with Gasteiger partial charge in [-0.25, -0.2) is 0 Å². The molecule has 1 fully saturated rings. The number of nitrogens with one attached hydrogen (secondary N) is 2. The first-order valence-corrected chi connectivity index (χ1v) is 8.65. The molecule has 126 valence electrons. The number of ether oxygens (including phenoxy) is 1. The summed E-state index contributed by atoms with van der Waals surface area (Å²) in [6, 6.07) is 11.9. The Balaban J connectivity index is 1.85. The number of nitrogens with zero attached hydrogens (tertiary/aromatic N) is 1. The maximum atomic E-state index is 6.06. The molecule has 5 heteroatoms. The highest BCUT2D eigenvalue weighted by Crippen LogP contribution is 2.36. The van der Waals surface area contributed by atoms with Crippen molar-refractivity contribution >= 4 is 22.7 Å². The predicted molar refractivity (Wildman–Crippen MR) is 99.8 cm³/mol. The van der Waals surface area contributed by atoms with E-state index >= 15 is 0 Å². The zero-order chi connectivity index (χ0) is 17.1. The molecule has 1 unspecified atom stereocenters. The van der Waals surface area contributed by atoms with Gasteiger partial charge in [0.1, 0.15) is 6.10 Å². The van der Waals surface area contributed by atoms with Crippen LogP contribution in [0.15, 0.2) is 66.4 Å². The highest BCUT2D eigenvalue weighted by Gasteiger charge is 2.26. The number of allylic oxidation sites excluding steroid dienone is 2. The van der Waals surface area contributed by atoms with Gasteiger partial charge in [0.25, 0.3) is 0 Å². The number of rotatable bonds is 3. The van der Waals surface area contributed by atoms with E-state index in [-0.39, 0.29) is 6.10 Å². The summed E-state index contributed by atoms with van der Waals surface area (Å²) in [4.78, 5) is 4.15. The SMILES string of the molecule is Clc1ccc(C2=C=CNC(C3CNCCO3)=C2c2ccncc2)cc1. The minimum Gasteiger partial charge on any atom is -0.369 e. The fourth-order valence-corrected chi connectivity index (χ4v) is 3.26. The third-order valence-electron chi connectivity index (χ3n) is 4.31. The van der Waals surface area contributed by atoms with Crippen LogP contribution < -0.4 is 10.6 Å². The van der Waals surface area contributed by atoms with Gasteiger partial charge in [0.05, 0.1) is 12.3 Å². The van der Waals surface area contributed by atoms with Gasteiger partial charge in [-0.1, -0.05) is 29.5 Å². The lowest BCUT2D eigenvalue weighted by Crippen LogP contribution is -2.42. The Kier molecular flexibility index (Phi) is 4.68. The number of hydrogen-bond acceptors (Lipinski definition) is 4. The Morgan fingerprint density at radius 3 is 2.60 bits per heavy atom. The molecule has 2 aromatic rings. The van der Waals surface area contributed by atoms with Crippen LogP contribution in [0.25, 0.3) is 11.1 Å². The minimum atomic E-state index is -0.0300. The summed E-state index contributed by atoms with van der Waals surface area (Å²) < 4.78 is 5.99. The topological polar surface area (TPSA) is 46.2 Å². The van der Waals surface area contributed by atoms with Crippen LogP contribution in [0.4, 0.5) is 0 Å². The molecule has 1 saturated heterocycles. The van der Waals surface area contributed by atoms with E-state index in [1.807, 2.05) is 42.6 Å². The van der Waals surface area contributed by atoms with Crippen molar-refractivity contribution in [2.24, 2.45) is 0 Å². The fourth-order valence-electron chi connectivity index (χ4n) is 3.13. The number of pyridine rings is 1. The van der Waals surface area contributed by atoms with Crippen molar-refractivity contribution in [3.8, 4) is 0 Å². The van der Waals surface area contributed by atoms with E-state index in [4.69, 9.17) is 16.3 Å². The van der Waals surface area contributed by atoms with Crippen LogP contribution in [0.2, 0.25) is 5.02 Å². The van der Waals surface area contributed by atoms with E-state index < -0.39 is 0 Å². The summed E-state index contributed by atoms with van der Waals surface area (Å²) in [7, 11) is 0. The van der Waals surface area contributed by atoms with Crippen molar-refractivity contribution in [1.82, 2.24) is 15.6 Å². The lowest BCUT2D eigenvalue weighted by atomic mass is 9.89. The van der Waals surface area contributed by atoms with Crippen LogP contribution in [0.5, 0.6) is 0 Å². The summed E-state index contributed by atoms with van der Waals surface area (Å²) in [5.74, 6) is 0. The third-order valence-corrected chi connectivity index (χ3v) is 4.57. The second kappa shape index (κ2) is 7.26. The standard InChI is InChI=1S/C20H18ClN3O/c21-16-3-1-14(2-4-16)17-7-10-24-20(18-13-23-11-12-25-18)19(17)15-5-8-22-9-6-15/h1-6,8-10,18,23-24H,11-13H2. The first kappa shape index (κ1) is 16.1. The summed E-state index contributed by atoms with van der Waals surface area (Å²) in [6.07, 6.45) is 5.43. The van der Waals surface area contributed by atoms with E-state index in [0.29, 0.717) is 6.61 Å². The monoisotopic (exact) mass is 351 g/mol. The first-order chi connectivity index (χ1) is 12.3. The van der Waals surface area contributed by atoms with Crippen LogP contribution in [-0.2, 0) is 4.74 Å². The molecule has 0 radical (unpaired) electrons. The second-order valence-corrected chi connectivity index (χ2v) is 6.34. The summed E-state index contributed by atoms with van der Waals surface area (Å²) in [5.41, 5.74) is 8.65. The third kappa shape index (κ3) is 3.39. The maximum absolute atomic E-state index is 6.06. The Morgan fingerprint density at radius 2 is 1.88 bits per heavy atom. The Bertz CT molecular complexity index is 846. The Morgan fingerprint density at radius 1 is 1.08 bits per heavy atom. The van der Waals surface area contributed by atoms with E-state index in [9.17, 15) is 0 Å². The molecule has 2 aliphatic heterocycles. The van der Waals surface area contributed by atoms with Crippen LogP contribution in [-0.4, -0.2) is 30.8 Å². The van der Waals surface area contributed by atoms with Crippen LogP contribution in [0, 0.1) is 0 Å². The molecular weight excluding hydrogens is 334 g/mol. The van der Waals surface area contributed by atoms with Crippen molar-refractivity contribution in [1.29, 1.82) is 0 Å². The zero-order valence-corrected chi connectivity index (χ0v) is 14.4. The molecule has 2 aliphatic rings. The molecule has 0 amide bonds.